The molecule has 0 aromatic carbocycles. The van der Waals surface area contributed by atoms with Crippen molar-refractivity contribution in [3.05, 3.63) is 34.2 Å². The molecule has 1 rings (SSSR count). The summed E-state index contributed by atoms with van der Waals surface area (Å²) >= 11 is 0. The van der Waals surface area contributed by atoms with Crippen molar-refractivity contribution in [2.45, 2.75) is 0 Å². The van der Waals surface area contributed by atoms with Crippen LogP contribution in [0, 0.1) is 0 Å². The van der Waals surface area contributed by atoms with E-state index in [1.165, 1.54) is 18.3 Å². The van der Waals surface area contributed by atoms with Gasteiger partial charge < -0.3 is 15.4 Å². The van der Waals surface area contributed by atoms with Gasteiger partial charge in [-0.2, -0.15) is 0 Å². The molecule has 0 saturated carbocycles. The van der Waals surface area contributed by atoms with Crippen LogP contribution in [-0.4, -0.2) is 29.1 Å². The summed E-state index contributed by atoms with van der Waals surface area (Å²) in [5.74, 6) is -0.361. The van der Waals surface area contributed by atoms with Crippen molar-refractivity contribution < 1.29 is 9.90 Å². The van der Waals surface area contributed by atoms with Crippen LogP contribution < -0.4 is 10.9 Å². The van der Waals surface area contributed by atoms with E-state index >= 15 is 0 Å². The quantitative estimate of drug-likeness (QED) is 0.566. The topological polar surface area (TPSA) is 82.2 Å². The summed E-state index contributed by atoms with van der Waals surface area (Å²) in [6, 6.07) is 2.70. The van der Waals surface area contributed by atoms with Crippen LogP contribution in [0.15, 0.2) is 23.1 Å². The first-order chi connectivity index (χ1) is 6.24. The van der Waals surface area contributed by atoms with Crippen LogP contribution >= 0.6 is 0 Å². The fraction of sp³-hybridized carbons (Fsp3) is 0.250. The predicted octanol–water partition coefficient (Wildman–Crippen LogP) is -0.903. The summed E-state index contributed by atoms with van der Waals surface area (Å²) in [6.45, 7) is 0.0700. The second-order valence-corrected chi connectivity index (χ2v) is 2.42. The Labute approximate surface area is 74.4 Å². The molecule has 1 aromatic rings. The Morgan fingerprint density at radius 3 is 3.00 bits per heavy atom. The van der Waals surface area contributed by atoms with Crippen LogP contribution in [0.2, 0.25) is 0 Å². The molecule has 5 heteroatoms. The summed E-state index contributed by atoms with van der Waals surface area (Å²) in [5, 5.41) is 10.9. The van der Waals surface area contributed by atoms with Crippen molar-refractivity contribution in [1.29, 1.82) is 0 Å². The monoisotopic (exact) mass is 182 g/mol. The van der Waals surface area contributed by atoms with Crippen molar-refractivity contribution in [1.82, 2.24) is 10.3 Å². The van der Waals surface area contributed by atoms with Gasteiger partial charge in [-0.1, -0.05) is 0 Å². The highest BCUT2D eigenvalue weighted by molar-refractivity contribution is 5.93. The van der Waals surface area contributed by atoms with Gasteiger partial charge in [-0.15, -0.1) is 0 Å². The number of carbonyl (C=O) groups is 1. The van der Waals surface area contributed by atoms with E-state index in [-0.39, 0.29) is 30.2 Å². The van der Waals surface area contributed by atoms with Gasteiger partial charge in [0, 0.05) is 24.4 Å². The van der Waals surface area contributed by atoms with Gasteiger partial charge in [0.25, 0.3) is 5.91 Å². The normalized spacial score (nSPS) is 9.62. The Hall–Kier alpha value is -1.62. The zero-order chi connectivity index (χ0) is 9.68. The number of rotatable bonds is 3. The number of pyridine rings is 1. The third-order valence-electron chi connectivity index (χ3n) is 1.43. The summed E-state index contributed by atoms with van der Waals surface area (Å²) < 4.78 is 0. The number of hydrogen-bond donors (Lipinski definition) is 3. The van der Waals surface area contributed by atoms with Crippen molar-refractivity contribution in [3.63, 3.8) is 0 Å². The standard InChI is InChI=1S/C8H10N2O3/c11-4-3-10-8(13)6-1-2-9-7(12)5-6/h1-2,5,11H,3-4H2,(H,9,12)(H,10,13). The average molecular weight is 182 g/mol. The zero-order valence-electron chi connectivity index (χ0n) is 6.91. The van der Waals surface area contributed by atoms with E-state index in [9.17, 15) is 9.59 Å². The molecule has 13 heavy (non-hydrogen) atoms. The van der Waals surface area contributed by atoms with E-state index in [2.05, 4.69) is 10.3 Å². The molecule has 0 spiro atoms. The van der Waals surface area contributed by atoms with Gasteiger partial charge in [0.1, 0.15) is 0 Å². The summed E-state index contributed by atoms with van der Waals surface area (Å²) in [5.41, 5.74) is -0.0335. The van der Waals surface area contributed by atoms with E-state index in [0.717, 1.165) is 0 Å². The fourth-order valence-electron chi connectivity index (χ4n) is 0.857. The summed E-state index contributed by atoms with van der Waals surface area (Å²) in [6.07, 6.45) is 1.40. The highest BCUT2D eigenvalue weighted by Gasteiger charge is 2.03. The van der Waals surface area contributed by atoms with E-state index in [0.29, 0.717) is 0 Å². The molecule has 1 amide bonds. The Morgan fingerprint density at radius 2 is 2.38 bits per heavy atom. The molecule has 0 aliphatic rings. The second kappa shape index (κ2) is 4.42. The molecular formula is C8H10N2O3. The molecule has 0 aliphatic heterocycles. The third-order valence-corrected chi connectivity index (χ3v) is 1.43. The van der Waals surface area contributed by atoms with E-state index < -0.39 is 0 Å². The van der Waals surface area contributed by atoms with Crippen molar-refractivity contribution in [2.24, 2.45) is 0 Å². The van der Waals surface area contributed by atoms with Gasteiger partial charge in [0.05, 0.1) is 6.61 Å². The third kappa shape index (κ3) is 2.72. The van der Waals surface area contributed by atoms with E-state index in [4.69, 9.17) is 5.11 Å². The smallest absolute Gasteiger partial charge is 0.251 e. The van der Waals surface area contributed by atoms with Gasteiger partial charge >= 0.3 is 0 Å². The molecule has 70 valence electrons. The number of nitrogens with one attached hydrogen (secondary N) is 2. The molecule has 3 N–H and O–H groups in total. The van der Waals surface area contributed by atoms with Crippen LogP contribution in [0.5, 0.6) is 0 Å². The number of amides is 1. The molecular weight excluding hydrogens is 172 g/mol. The van der Waals surface area contributed by atoms with E-state index in [1.807, 2.05) is 0 Å². The van der Waals surface area contributed by atoms with Crippen molar-refractivity contribution in [3.8, 4) is 0 Å². The average Bonchev–Trinajstić information content (AvgIpc) is 2.14. The number of H-pyrrole nitrogens is 1. The zero-order valence-corrected chi connectivity index (χ0v) is 6.91. The fourth-order valence-corrected chi connectivity index (χ4v) is 0.857. The molecule has 0 radical (unpaired) electrons. The first kappa shape index (κ1) is 9.47. The number of aliphatic hydroxyl groups excluding tert-OH is 1. The molecule has 1 heterocycles. The first-order valence-corrected chi connectivity index (χ1v) is 3.82. The van der Waals surface area contributed by atoms with Crippen LogP contribution in [-0.2, 0) is 0 Å². The number of aromatic nitrogens is 1. The largest absolute Gasteiger partial charge is 0.395 e. The molecule has 0 atom stereocenters. The lowest BCUT2D eigenvalue weighted by Gasteiger charge is -2.01. The molecule has 0 aliphatic carbocycles. The molecule has 0 unspecified atom stereocenters. The lowest BCUT2D eigenvalue weighted by atomic mass is 10.2. The Kier molecular flexibility index (Phi) is 3.22. The maximum atomic E-state index is 11.2. The van der Waals surface area contributed by atoms with Gasteiger partial charge in [-0.3, -0.25) is 9.59 Å². The van der Waals surface area contributed by atoms with Gasteiger partial charge in [-0.05, 0) is 6.07 Å². The predicted molar refractivity (Wildman–Crippen MR) is 46.5 cm³/mol. The minimum absolute atomic E-state index is 0.116. The van der Waals surface area contributed by atoms with Gasteiger partial charge in [-0.25, -0.2) is 0 Å². The summed E-state index contributed by atoms with van der Waals surface area (Å²) in [7, 11) is 0. The highest BCUT2D eigenvalue weighted by Crippen LogP contribution is 1.91. The van der Waals surface area contributed by atoms with Crippen molar-refractivity contribution in [2.75, 3.05) is 13.2 Å². The molecule has 5 nitrogen and oxygen atoms in total. The Morgan fingerprint density at radius 1 is 1.62 bits per heavy atom. The van der Waals surface area contributed by atoms with Crippen molar-refractivity contribution >= 4 is 5.91 Å². The number of aliphatic hydroxyl groups is 1. The minimum Gasteiger partial charge on any atom is -0.395 e. The number of carbonyl (C=O) groups excluding carboxylic acids is 1. The lowest BCUT2D eigenvalue weighted by Crippen LogP contribution is -2.27. The van der Waals surface area contributed by atoms with Crippen LogP contribution in [0.3, 0.4) is 0 Å². The number of aromatic amines is 1. The lowest BCUT2D eigenvalue weighted by molar-refractivity contribution is 0.0944. The maximum Gasteiger partial charge on any atom is 0.251 e. The SMILES string of the molecule is O=C(NCCO)c1cc[nH]c(=O)c1. The Bertz CT molecular complexity index is 345. The van der Waals surface area contributed by atoms with Gasteiger partial charge in [0.15, 0.2) is 0 Å². The van der Waals surface area contributed by atoms with Crippen LogP contribution in [0.4, 0.5) is 0 Å². The number of hydrogen-bond acceptors (Lipinski definition) is 3. The molecule has 1 aromatic heterocycles. The molecule has 0 saturated heterocycles. The summed E-state index contributed by atoms with van der Waals surface area (Å²) in [4.78, 5) is 24.4. The second-order valence-electron chi connectivity index (χ2n) is 2.42. The van der Waals surface area contributed by atoms with Crippen LogP contribution in [0.25, 0.3) is 0 Å². The van der Waals surface area contributed by atoms with E-state index in [1.54, 1.807) is 0 Å². The molecule has 0 fully saturated rings. The first-order valence-electron chi connectivity index (χ1n) is 3.82. The van der Waals surface area contributed by atoms with Crippen LogP contribution in [0.1, 0.15) is 10.4 Å². The molecule has 0 bridgehead atoms. The highest BCUT2D eigenvalue weighted by atomic mass is 16.3. The minimum atomic E-state index is -0.361. The maximum absolute atomic E-state index is 11.2. The van der Waals surface area contributed by atoms with Gasteiger partial charge in [0.2, 0.25) is 5.56 Å². The Balaban J connectivity index is 2.71.